The first-order valence-corrected chi connectivity index (χ1v) is 8.03. The molecule has 1 N–H and O–H groups in total. The second kappa shape index (κ2) is 5.92. The van der Waals surface area contributed by atoms with Gasteiger partial charge in [-0.3, -0.25) is 0 Å². The van der Waals surface area contributed by atoms with Gasteiger partial charge in [0.15, 0.2) is 0 Å². The van der Waals surface area contributed by atoms with Crippen molar-refractivity contribution in [1.82, 2.24) is 9.97 Å². The van der Waals surface area contributed by atoms with E-state index in [1.165, 1.54) is 5.56 Å². The van der Waals surface area contributed by atoms with Gasteiger partial charge >= 0.3 is 0 Å². The lowest BCUT2D eigenvalue weighted by Crippen LogP contribution is -2.19. The van der Waals surface area contributed by atoms with Gasteiger partial charge in [0.2, 0.25) is 0 Å². The molecule has 2 aromatic rings. The maximum Gasteiger partial charge on any atom is 0.136 e. The quantitative estimate of drug-likeness (QED) is 0.891. The number of nitrogens with zero attached hydrogens (tertiary/aromatic N) is 2. The molecule has 0 atom stereocenters. The Labute approximate surface area is 125 Å². The third-order valence-corrected chi connectivity index (χ3v) is 3.84. The van der Waals surface area contributed by atoms with Crippen LogP contribution < -0.4 is 5.32 Å². The summed E-state index contributed by atoms with van der Waals surface area (Å²) >= 11 is 1.70. The van der Waals surface area contributed by atoms with E-state index in [1.54, 1.807) is 11.3 Å². The summed E-state index contributed by atoms with van der Waals surface area (Å²) in [6.45, 7) is 11.6. The smallest absolute Gasteiger partial charge is 0.136 e. The van der Waals surface area contributed by atoms with Crippen LogP contribution in [0.25, 0.3) is 11.3 Å². The molecule has 20 heavy (non-hydrogen) atoms. The van der Waals surface area contributed by atoms with Crippen LogP contribution >= 0.6 is 11.3 Å². The SMILES string of the molecule is CCCNc1nc(C(C)(C)C)nc(-c2ccsc2)c1C. The predicted octanol–water partition coefficient (Wildman–Crippen LogP) is 4.63. The van der Waals surface area contributed by atoms with Crippen molar-refractivity contribution in [3.8, 4) is 11.3 Å². The summed E-state index contributed by atoms with van der Waals surface area (Å²) in [5, 5.41) is 7.66. The molecule has 0 unspecified atom stereocenters. The fourth-order valence-corrected chi connectivity index (χ4v) is 2.59. The lowest BCUT2D eigenvalue weighted by molar-refractivity contribution is 0.546. The highest BCUT2D eigenvalue weighted by Gasteiger charge is 2.21. The van der Waals surface area contributed by atoms with Gasteiger partial charge in [0.05, 0.1) is 5.69 Å². The Morgan fingerprint density at radius 3 is 2.55 bits per heavy atom. The molecule has 0 spiro atoms. The number of rotatable bonds is 4. The minimum Gasteiger partial charge on any atom is -0.370 e. The molecular weight excluding hydrogens is 266 g/mol. The molecule has 0 fully saturated rings. The monoisotopic (exact) mass is 289 g/mol. The number of aromatic nitrogens is 2. The van der Waals surface area contributed by atoms with E-state index in [0.717, 1.165) is 35.9 Å². The van der Waals surface area contributed by atoms with Crippen LogP contribution in [-0.2, 0) is 5.41 Å². The standard InChI is InChI=1S/C16H23N3S/c1-6-8-17-14-11(2)13(12-7-9-20-10-12)18-15(19-14)16(3,4)5/h7,9-10H,6,8H2,1-5H3,(H,17,18,19). The Hall–Kier alpha value is -1.42. The molecular formula is C16H23N3S. The zero-order chi connectivity index (χ0) is 14.8. The second-order valence-electron chi connectivity index (χ2n) is 6.06. The van der Waals surface area contributed by atoms with Crippen molar-refractivity contribution >= 4 is 17.2 Å². The Bertz CT molecular complexity index is 568. The van der Waals surface area contributed by atoms with E-state index < -0.39 is 0 Å². The van der Waals surface area contributed by atoms with Crippen molar-refractivity contribution in [2.75, 3.05) is 11.9 Å². The second-order valence-corrected chi connectivity index (χ2v) is 6.84. The number of hydrogen-bond acceptors (Lipinski definition) is 4. The van der Waals surface area contributed by atoms with Crippen LogP contribution in [0.2, 0.25) is 0 Å². The molecule has 0 bridgehead atoms. The summed E-state index contributed by atoms with van der Waals surface area (Å²) in [4.78, 5) is 9.54. The van der Waals surface area contributed by atoms with E-state index in [2.05, 4.69) is 56.8 Å². The van der Waals surface area contributed by atoms with E-state index in [0.29, 0.717) is 0 Å². The van der Waals surface area contributed by atoms with Crippen LogP contribution in [0.3, 0.4) is 0 Å². The van der Waals surface area contributed by atoms with Crippen LogP contribution in [0.15, 0.2) is 16.8 Å². The van der Waals surface area contributed by atoms with E-state index in [4.69, 9.17) is 9.97 Å². The van der Waals surface area contributed by atoms with Gasteiger partial charge in [0.1, 0.15) is 11.6 Å². The molecule has 2 rings (SSSR count). The Balaban J connectivity index is 2.55. The fourth-order valence-electron chi connectivity index (χ4n) is 1.95. The van der Waals surface area contributed by atoms with Crippen LogP contribution in [0.5, 0.6) is 0 Å². The third-order valence-electron chi connectivity index (χ3n) is 3.15. The van der Waals surface area contributed by atoms with Gasteiger partial charge in [-0.15, -0.1) is 0 Å². The lowest BCUT2D eigenvalue weighted by Gasteiger charge is -2.20. The molecule has 2 aromatic heterocycles. The van der Waals surface area contributed by atoms with Crippen molar-refractivity contribution in [3.05, 3.63) is 28.2 Å². The van der Waals surface area contributed by atoms with Crippen LogP contribution in [-0.4, -0.2) is 16.5 Å². The summed E-state index contributed by atoms with van der Waals surface area (Å²) in [5.41, 5.74) is 3.30. The van der Waals surface area contributed by atoms with Gasteiger partial charge in [0, 0.05) is 28.5 Å². The molecule has 4 heteroatoms. The van der Waals surface area contributed by atoms with E-state index >= 15 is 0 Å². The molecule has 2 heterocycles. The van der Waals surface area contributed by atoms with Crippen molar-refractivity contribution in [1.29, 1.82) is 0 Å². The van der Waals surface area contributed by atoms with Crippen molar-refractivity contribution < 1.29 is 0 Å². The van der Waals surface area contributed by atoms with E-state index in [-0.39, 0.29) is 5.41 Å². The molecule has 0 radical (unpaired) electrons. The van der Waals surface area contributed by atoms with Gasteiger partial charge in [-0.1, -0.05) is 27.7 Å². The largest absolute Gasteiger partial charge is 0.370 e. The summed E-state index contributed by atoms with van der Waals surface area (Å²) in [6, 6.07) is 2.12. The molecule has 108 valence electrons. The molecule has 0 saturated heterocycles. The Kier molecular flexibility index (Phi) is 4.43. The van der Waals surface area contributed by atoms with Crippen LogP contribution in [0, 0.1) is 6.92 Å². The average molecular weight is 289 g/mol. The number of hydrogen-bond donors (Lipinski definition) is 1. The average Bonchev–Trinajstić information content (AvgIpc) is 2.90. The van der Waals surface area contributed by atoms with Crippen LogP contribution in [0.4, 0.5) is 5.82 Å². The number of nitrogens with one attached hydrogen (secondary N) is 1. The Morgan fingerprint density at radius 2 is 2.00 bits per heavy atom. The first-order chi connectivity index (χ1) is 9.43. The molecule has 0 aliphatic rings. The molecule has 0 aromatic carbocycles. The highest BCUT2D eigenvalue weighted by atomic mass is 32.1. The molecule has 0 amide bonds. The molecule has 0 saturated carbocycles. The van der Waals surface area contributed by atoms with Gasteiger partial charge < -0.3 is 5.32 Å². The summed E-state index contributed by atoms with van der Waals surface area (Å²) < 4.78 is 0. The third kappa shape index (κ3) is 3.18. The zero-order valence-electron chi connectivity index (χ0n) is 12.9. The normalized spacial score (nSPS) is 11.7. The van der Waals surface area contributed by atoms with E-state index in [1.807, 2.05) is 0 Å². The molecule has 0 aliphatic carbocycles. The Morgan fingerprint density at radius 1 is 1.25 bits per heavy atom. The van der Waals surface area contributed by atoms with Gasteiger partial charge in [-0.25, -0.2) is 9.97 Å². The van der Waals surface area contributed by atoms with Crippen molar-refractivity contribution in [3.63, 3.8) is 0 Å². The predicted molar refractivity (Wildman–Crippen MR) is 87.6 cm³/mol. The molecule has 3 nitrogen and oxygen atoms in total. The maximum atomic E-state index is 4.81. The highest BCUT2D eigenvalue weighted by Crippen LogP contribution is 2.30. The molecule has 0 aliphatic heterocycles. The zero-order valence-corrected chi connectivity index (χ0v) is 13.8. The fraction of sp³-hybridized carbons (Fsp3) is 0.500. The van der Waals surface area contributed by atoms with E-state index in [9.17, 15) is 0 Å². The van der Waals surface area contributed by atoms with Gasteiger partial charge in [-0.2, -0.15) is 11.3 Å². The lowest BCUT2D eigenvalue weighted by atomic mass is 9.95. The summed E-state index contributed by atoms with van der Waals surface area (Å²) in [5.74, 6) is 1.86. The number of anilines is 1. The summed E-state index contributed by atoms with van der Waals surface area (Å²) in [6.07, 6.45) is 1.09. The first-order valence-electron chi connectivity index (χ1n) is 7.09. The van der Waals surface area contributed by atoms with Crippen molar-refractivity contribution in [2.24, 2.45) is 0 Å². The van der Waals surface area contributed by atoms with Crippen molar-refractivity contribution in [2.45, 2.75) is 46.5 Å². The highest BCUT2D eigenvalue weighted by molar-refractivity contribution is 7.08. The maximum absolute atomic E-state index is 4.81. The number of thiophene rings is 1. The van der Waals surface area contributed by atoms with Crippen LogP contribution in [0.1, 0.15) is 45.5 Å². The minimum absolute atomic E-state index is 0.0544. The minimum atomic E-state index is -0.0544. The topological polar surface area (TPSA) is 37.8 Å². The van der Waals surface area contributed by atoms with Gasteiger partial charge in [0.25, 0.3) is 0 Å². The summed E-state index contributed by atoms with van der Waals surface area (Å²) in [7, 11) is 0. The van der Waals surface area contributed by atoms with Gasteiger partial charge in [-0.05, 0) is 24.8 Å². The first kappa shape index (κ1) is 15.0.